The molecule has 3 rings (SSSR count). The summed E-state index contributed by atoms with van der Waals surface area (Å²) in [7, 11) is 0. The van der Waals surface area contributed by atoms with Gasteiger partial charge in [0.15, 0.2) is 11.6 Å². The van der Waals surface area contributed by atoms with Crippen molar-refractivity contribution in [3.8, 4) is 33.8 Å². The number of hydrogen-bond acceptors (Lipinski definition) is 3. The molecular formula is C31H38F2O3. The Bertz CT molecular complexity index is 1030. The molecule has 0 amide bonds. The predicted octanol–water partition coefficient (Wildman–Crippen LogP) is 8.58. The van der Waals surface area contributed by atoms with Crippen molar-refractivity contribution in [2.24, 2.45) is 0 Å². The topological polar surface area (TPSA) is 38.7 Å². The fourth-order valence-electron chi connectivity index (χ4n) is 4.11. The van der Waals surface area contributed by atoms with Gasteiger partial charge in [-0.15, -0.1) is 0 Å². The van der Waals surface area contributed by atoms with E-state index in [0.717, 1.165) is 50.7 Å². The van der Waals surface area contributed by atoms with Crippen molar-refractivity contribution in [1.29, 1.82) is 0 Å². The second-order valence-electron chi connectivity index (χ2n) is 9.09. The molecule has 0 saturated heterocycles. The molecule has 3 nitrogen and oxygen atoms in total. The highest BCUT2D eigenvalue weighted by Crippen LogP contribution is 2.33. The van der Waals surface area contributed by atoms with Crippen LogP contribution in [0.2, 0.25) is 0 Å². The number of halogens is 2. The summed E-state index contributed by atoms with van der Waals surface area (Å²) in [6.07, 6.45) is 9.51. The molecule has 0 fully saturated rings. The summed E-state index contributed by atoms with van der Waals surface area (Å²) in [5.41, 5.74) is 1.65. The largest absolute Gasteiger partial charge is 0.494 e. The van der Waals surface area contributed by atoms with Crippen LogP contribution >= 0.6 is 0 Å². The third-order valence-electron chi connectivity index (χ3n) is 6.25. The van der Waals surface area contributed by atoms with Crippen LogP contribution < -0.4 is 9.47 Å². The number of aliphatic hydroxyl groups is 1. The third-order valence-corrected chi connectivity index (χ3v) is 6.25. The van der Waals surface area contributed by atoms with E-state index in [2.05, 4.69) is 6.92 Å². The van der Waals surface area contributed by atoms with Gasteiger partial charge in [-0.1, -0.05) is 81.8 Å². The summed E-state index contributed by atoms with van der Waals surface area (Å²) >= 11 is 0. The number of unbranched alkanes of at least 4 members (excludes halogenated alkanes) is 7. The van der Waals surface area contributed by atoms with Gasteiger partial charge in [-0.2, -0.15) is 0 Å². The normalized spacial score (nSPS) is 11.0. The molecule has 3 aromatic carbocycles. The van der Waals surface area contributed by atoms with Gasteiger partial charge in [0, 0.05) is 17.7 Å². The molecule has 5 heteroatoms. The Morgan fingerprint density at radius 3 is 1.42 bits per heavy atom. The molecule has 0 radical (unpaired) electrons. The number of hydrogen-bond donors (Lipinski definition) is 1. The second kappa shape index (κ2) is 15.2. The van der Waals surface area contributed by atoms with Crippen LogP contribution in [0.4, 0.5) is 8.78 Å². The first-order valence-electron chi connectivity index (χ1n) is 13.2. The van der Waals surface area contributed by atoms with Crippen molar-refractivity contribution in [3.63, 3.8) is 0 Å². The van der Waals surface area contributed by atoms with Crippen molar-refractivity contribution in [3.05, 3.63) is 72.3 Å². The molecule has 0 spiro atoms. The average molecular weight is 497 g/mol. The molecule has 0 heterocycles. The summed E-state index contributed by atoms with van der Waals surface area (Å²) in [5, 5.41) is 8.80. The molecule has 1 N–H and O–H groups in total. The molecule has 0 unspecified atom stereocenters. The molecule has 0 saturated carbocycles. The van der Waals surface area contributed by atoms with Crippen molar-refractivity contribution in [2.75, 3.05) is 19.8 Å². The van der Waals surface area contributed by atoms with Gasteiger partial charge >= 0.3 is 0 Å². The summed E-state index contributed by atoms with van der Waals surface area (Å²) in [5.74, 6) is -0.279. The lowest BCUT2D eigenvalue weighted by molar-refractivity contribution is 0.278. The second-order valence-corrected chi connectivity index (χ2v) is 9.09. The van der Waals surface area contributed by atoms with E-state index in [-0.39, 0.29) is 17.7 Å². The quantitative estimate of drug-likeness (QED) is 0.202. The van der Waals surface area contributed by atoms with E-state index in [0.29, 0.717) is 30.1 Å². The Labute approximate surface area is 214 Å². The van der Waals surface area contributed by atoms with Crippen LogP contribution in [0.5, 0.6) is 11.5 Å². The summed E-state index contributed by atoms with van der Waals surface area (Å²) in [4.78, 5) is 0. The maximum atomic E-state index is 15.0. The summed E-state index contributed by atoms with van der Waals surface area (Å²) < 4.78 is 41.5. The first-order chi connectivity index (χ1) is 17.6. The van der Waals surface area contributed by atoms with Crippen molar-refractivity contribution < 1.29 is 23.4 Å². The van der Waals surface area contributed by atoms with Gasteiger partial charge in [0.1, 0.15) is 11.5 Å². The fourth-order valence-corrected chi connectivity index (χ4v) is 4.11. The van der Waals surface area contributed by atoms with E-state index < -0.39 is 11.6 Å². The van der Waals surface area contributed by atoms with Crippen molar-refractivity contribution in [2.45, 2.75) is 64.7 Å². The Morgan fingerprint density at radius 1 is 0.556 bits per heavy atom. The summed E-state index contributed by atoms with van der Waals surface area (Å²) in [6, 6.07) is 17.4. The van der Waals surface area contributed by atoms with Crippen LogP contribution in [0.15, 0.2) is 60.7 Å². The zero-order valence-electron chi connectivity index (χ0n) is 21.3. The molecule has 0 aromatic heterocycles. The minimum Gasteiger partial charge on any atom is -0.494 e. The van der Waals surface area contributed by atoms with Gasteiger partial charge in [0.05, 0.1) is 13.2 Å². The van der Waals surface area contributed by atoms with Crippen molar-refractivity contribution >= 4 is 0 Å². The molecule has 36 heavy (non-hydrogen) atoms. The van der Waals surface area contributed by atoms with Crippen LogP contribution in [0.1, 0.15) is 64.7 Å². The molecule has 0 aliphatic carbocycles. The van der Waals surface area contributed by atoms with E-state index in [1.54, 1.807) is 60.7 Å². The van der Waals surface area contributed by atoms with Crippen LogP contribution in [-0.4, -0.2) is 24.9 Å². The van der Waals surface area contributed by atoms with E-state index in [1.165, 1.54) is 12.8 Å². The lowest BCUT2D eigenvalue weighted by Crippen LogP contribution is -1.98. The SMILES string of the molecule is CCCCCCOc1ccc(-c2ccc(-c3ccc(OCCCCCCCO)cc3)c(F)c2F)cc1. The molecule has 0 atom stereocenters. The van der Waals surface area contributed by atoms with Gasteiger partial charge in [-0.3, -0.25) is 0 Å². The zero-order valence-corrected chi connectivity index (χ0v) is 21.3. The van der Waals surface area contributed by atoms with Crippen LogP contribution in [0, 0.1) is 11.6 Å². The minimum absolute atomic E-state index is 0.221. The highest BCUT2D eigenvalue weighted by atomic mass is 19.2. The van der Waals surface area contributed by atoms with Gasteiger partial charge in [0.2, 0.25) is 0 Å². The highest BCUT2D eigenvalue weighted by Gasteiger charge is 2.16. The first kappa shape index (κ1) is 27.7. The highest BCUT2D eigenvalue weighted by molar-refractivity contribution is 5.72. The lowest BCUT2D eigenvalue weighted by Gasteiger charge is -2.11. The van der Waals surface area contributed by atoms with E-state index in [4.69, 9.17) is 14.6 Å². The number of ether oxygens (including phenoxy) is 2. The maximum absolute atomic E-state index is 15.0. The van der Waals surface area contributed by atoms with Crippen LogP contribution in [0.3, 0.4) is 0 Å². The van der Waals surface area contributed by atoms with Crippen LogP contribution in [-0.2, 0) is 0 Å². The van der Waals surface area contributed by atoms with E-state index in [1.807, 2.05) is 0 Å². The minimum atomic E-state index is -0.861. The van der Waals surface area contributed by atoms with Gasteiger partial charge < -0.3 is 14.6 Å². The Hall–Kier alpha value is -2.92. The number of rotatable bonds is 16. The number of aliphatic hydroxyl groups excluding tert-OH is 1. The zero-order chi connectivity index (χ0) is 25.6. The molecule has 3 aromatic rings. The summed E-state index contributed by atoms with van der Waals surface area (Å²) in [6.45, 7) is 3.69. The predicted molar refractivity (Wildman–Crippen MR) is 143 cm³/mol. The fraction of sp³-hybridized carbons (Fsp3) is 0.419. The molecule has 0 aliphatic heterocycles. The van der Waals surface area contributed by atoms with E-state index >= 15 is 8.78 Å². The molecule has 0 bridgehead atoms. The van der Waals surface area contributed by atoms with Crippen LogP contribution in [0.25, 0.3) is 22.3 Å². The maximum Gasteiger partial charge on any atom is 0.167 e. The van der Waals surface area contributed by atoms with Gasteiger partial charge in [-0.05, 0) is 54.7 Å². The van der Waals surface area contributed by atoms with E-state index in [9.17, 15) is 0 Å². The van der Waals surface area contributed by atoms with Gasteiger partial charge in [-0.25, -0.2) is 8.78 Å². The lowest BCUT2D eigenvalue weighted by atomic mass is 9.98. The number of benzene rings is 3. The van der Waals surface area contributed by atoms with Gasteiger partial charge in [0.25, 0.3) is 0 Å². The Balaban J connectivity index is 1.57. The first-order valence-corrected chi connectivity index (χ1v) is 13.2. The third kappa shape index (κ3) is 8.34. The monoisotopic (exact) mass is 496 g/mol. The van der Waals surface area contributed by atoms with Crippen molar-refractivity contribution in [1.82, 2.24) is 0 Å². The standard InChI is InChI=1S/C31H38F2O3/c1-2-3-4-9-22-35-26-15-11-24(12-16-26)28-19-20-29(31(33)30(28)32)25-13-17-27(18-14-25)36-23-10-7-5-6-8-21-34/h11-20,34H,2-10,21-23H2,1H3. The smallest absolute Gasteiger partial charge is 0.167 e. The molecule has 194 valence electrons. The molecular weight excluding hydrogens is 458 g/mol. The Morgan fingerprint density at radius 2 is 0.972 bits per heavy atom. The molecule has 0 aliphatic rings. The average Bonchev–Trinajstić information content (AvgIpc) is 2.90. The Kier molecular flexibility index (Phi) is 11.7.